The van der Waals surface area contributed by atoms with E-state index < -0.39 is 0 Å². The second-order valence-corrected chi connectivity index (χ2v) is 6.23. The summed E-state index contributed by atoms with van der Waals surface area (Å²) in [5, 5.41) is 15.1. The summed E-state index contributed by atoms with van der Waals surface area (Å²) in [5.74, 6) is 0. The van der Waals surface area contributed by atoms with E-state index in [1.807, 2.05) is 30.1 Å². The van der Waals surface area contributed by atoms with Crippen LogP contribution in [0.2, 0.25) is 0 Å². The topological polar surface area (TPSA) is 38.0 Å². The number of nitrogens with zero attached hydrogens (tertiary/aromatic N) is 2. The Morgan fingerprint density at radius 3 is 2.52 bits per heavy atom. The van der Waals surface area contributed by atoms with E-state index in [1.165, 1.54) is 24.1 Å². The lowest BCUT2D eigenvalue weighted by atomic mass is 9.72. The minimum Gasteiger partial charge on any atom is -0.392 e. The summed E-state index contributed by atoms with van der Waals surface area (Å²) < 4.78 is 1.90. The molecule has 0 radical (unpaired) electrons. The number of rotatable bonds is 5. The summed E-state index contributed by atoms with van der Waals surface area (Å²) in [6.45, 7) is 0. The van der Waals surface area contributed by atoms with Gasteiger partial charge in [-0.15, -0.1) is 0 Å². The molecule has 0 spiro atoms. The molecule has 1 atom stereocenters. The van der Waals surface area contributed by atoms with Crippen LogP contribution in [-0.4, -0.2) is 21.0 Å². The largest absolute Gasteiger partial charge is 0.392 e. The van der Waals surface area contributed by atoms with Crippen LogP contribution >= 0.6 is 0 Å². The molecule has 1 heterocycles. The molecule has 1 fully saturated rings. The Labute approximate surface area is 126 Å². The van der Waals surface area contributed by atoms with Crippen LogP contribution in [-0.2, 0) is 18.9 Å². The van der Waals surface area contributed by atoms with Crippen molar-refractivity contribution in [2.45, 2.75) is 50.0 Å². The Morgan fingerprint density at radius 2 is 1.90 bits per heavy atom. The maximum Gasteiger partial charge on any atom is 0.0640 e. The molecule has 1 aromatic carbocycles. The first-order chi connectivity index (χ1) is 10.2. The monoisotopic (exact) mass is 284 g/mol. The van der Waals surface area contributed by atoms with Gasteiger partial charge in [-0.05, 0) is 37.3 Å². The average molecular weight is 284 g/mol. The highest BCUT2D eigenvalue weighted by atomic mass is 16.3. The molecule has 0 amide bonds. The molecule has 0 aliphatic heterocycles. The van der Waals surface area contributed by atoms with E-state index in [4.69, 9.17) is 0 Å². The van der Waals surface area contributed by atoms with Gasteiger partial charge in [-0.3, -0.25) is 4.68 Å². The minimum absolute atomic E-state index is 0.0418. The molecule has 1 aromatic heterocycles. The van der Waals surface area contributed by atoms with Gasteiger partial charge in [0.05, 0.1) is 6.10 Å². The van der Waals surface area contributed by atoms with Gasteiger partial charge in [-0.2, -0.15) is 5.10 Å². The Balaban J connectivity index is 1.76. The van der Waals surface area contributed by atoms with E-state index in [1.54, 1.807) is 0 Å². The van der Waals surface area contributed by atoms with Crippen LogP contribution in [0.4, 0.5) is 0 Å². The van der Waals surface area contributed by atoms with E-state index in [0.29, 0.717) is 0 Å². The summed E-state index contributed by atoms with van der Waals surface area (Å²) in [6, 6.07) is 12.6. The van der Waals surface area contributed by atoms with Crippen LogP contribution in [0.15, 0.2) is 42.6 Å². The average Bonchev–Trinajstić information content (AvgIpc) is 3.16. The number of aliphatic hydroxyl groups is 1. The summed E-state index contributed by atoms with van der Waals surface area (Å²) in [7, 11) is 1.96. The van der Waals surface area contributed by atoms with Gasteiger partial charge >= 0.3 is 0 Å². The molecule has 1 aliphatic carbocycles. The van der Waals surface area contributed by atoms with E-state index in [0.717, 1.165) is 25.7 Å². The van der Waals surface area contributed by atoms with Crippen LogP contribution in [0.5, 0.6) is 0 Å². The van der Waals surface area contributed by atoms with Crippen LogP contribution in [0.25, 0.3) is 0 Å². The first-order valence-electron chi connectivity index (χ1n) is 7.93. The van der Waals surface area contributed by atoms with Crippen molar-refractivity contribution in [1.29, 1.82) is 0 Å². The second-order valence-electron chi connectivity index (χ2n) is 6.23. The summed E-state index contributed by atoms with van der Waals surface area (Å²) in [5.41, 5.74) is 2.45. The van der Waals surface area contributed by atoms with E-state index in [9.17, 15) is 5.11 Å². The minimum atomic E-state index is -0.280. The zero-order valence-electron chi connectivity index (χ0n) is 12.7. The lowest BCUT2D eigenvalue weighted by molar-refractivity contribution is 0.0742. The van der Waals surface area contributed by atoms with E-state index in [-0.39, 0.29) is 11.5 Å². The van der Waals surface area contributed by atoms with Gasteiger partial charge in [0.25, 0.3) is 0 Å². The molecular formula is C18H24N2O. The number of aliphatic hydroxyl groups excluding tert-OH is 1. The standard InChI is InChI=1S/C18H24N2O/c1-20-16(11-14-19-20)9-10-17(21)18(12-5-6-13-18)15-7-3-2-4-8-15/h2-4,7-8,11,14,17,21H,5-6,9-10,12-13H2,1H3. The normalized spacial score (nSPS) is 18.8. The molecule has 1 N–H and O–H groups in total. The van der Waals surface area contributed by atoms with Crippen molar-refractivity contribution in [3.05, 3.63) is 53.9 Å². The smallest absolute Gasteiger partial charge is 0.0640 e. The molecule has 21 heavy (non-hydrogen) atoms. The third-order valence-corrected chi connectivity index (χ3v) is 5.08. The highest BCUT2D eigenvalue weighted by Crippen LogP contribution is 2.44. The van der Waals surface area contributed by atoms with Crippen molar-refractivity contribution in [2.75, 3.05) is 0 Å². The Hall–Kier alpha value is -1.61. The predicted octanol–water partition coefficient (Wildman–Crippen LogP) is 3.23. The quantitative estimate of drug-likeness (QED) is 0.915. The van der Waals surface area contributed by atoms with Crippen molar-refractivity contribution >= 4 is 0 Å². The number of aromatic nitrogens is 2. The third-order valence-electron chi connectivity index (χ3n) is 5.08. The molecule has 1 saturated carbocycles. The SMILES string of the molecule is Cn1nccc1CCC(O)C1(c2ccccc2)CCCC1. The Morgan fingerprint density at radius 1 is 1.19 bits per heavy atom. The molecule has 3 rings (SSSR count). The fraction of sp³-hybridized carbons (Fsp3) is 0.500. The first kappa shape index (κ1) is 14.3. The van der Waals surface area contributed by atoms with Crippen LogP contribution in [0.1, 0.15) is 43.4 Å². The summed E-state index contributed by atoms with van der Waals surface area (Å²) in [6.07, 6.45) is 7.87. The van der Waals surface area contributed by atoms with Gasteiger partial charge in [0, 0.05) is 24.4 Å². The highest BCUT2D eigenvalue weighted by molar-refractivity contribution is 5.28. The zero-order chi connectivity index (χ0) is 14.7. The van der Waals surface area contributed by atoms with E-state index in [2.05, 4.69) is 29.4 Å². The fourth-order valence-electron chi connectivity index (χ4n) is 3.80. The van der Waals surface area contributed by atoms with E-state index >= 15 is 0 Å². The Kier molecular flexibility index (Phi) is 4.11. The predicted molar refractivity (Wildman–Crippen MR) is 84.1 cm³/mol. The van der Waals surface area contributed by atoms with Gasteiger partial charge < -0.3 is 5.11 Å². The molecule has 112 valence electrons. The first-order valence-corrected chi connectivity index (χ1v) is 7.93. The van der Waals surface area contributed by atoms with Crippen molar-refractivity contribution in [3.63, 3.8) is 0 Å². The van der Waals surface area contributed by atoms with Gasteiger partial charge in [-0.25, -0.2) is 0 Å². The molecule has 1 aliphatic rings. The van der Waals surface area contributed by atoms with Crippen molar-refractivity contribution < 1.29 is 5.11 Å². The second kappa shape index (κ2) is 6.02. The number of benzene rings is 1. The van der Waals surface area contributed by atoms with Gasteiger partial charge in [0.15, 0.2) is 0 Å². The summed E-state index contributed by atoms with van der Waals surface area (Å²) >= 11 is 0. The van der Waals surface area contributed by atoms with Gasteiger partial charge in [0.1, 0.15) is 0 Å². The molecule has 1 unspecified atom stereocenters. The maximum atomic E-state index is 10.9. The molecule has 0 saturated heterocycles. The number of aryl methyl sites for hydroxylation is 2. The lowest BCUT2D eigenvalue weighted by Gasteiger charge is -2.35. The van der Waals surface area contributed by atoms with Crippen molar-refractivity contribution in [2.24, 2.45) is 7.05 Å². The summed E-state index contributed by atoms with van der Waals surface area (Å²) in [4.78, 5) is 0. The van der Waals surface area contributed by atoms with Crippen LogP contribution in [0, 0.1) is 0 Å². The Bertz CT molecular complexity index is 570. The fourth-order valence-corrected chi connectivity index (χ4v) is 3.80. The van der Waals surface area contributed by atoms with Gasteiger partial charge in [0.2, 0.25) is 0 Å². The van der Waals surface area contributed by atoms with Crippen molar-refractivity contribution in [1.82, 2.24) is 9.78 Å². The highest BCUT2D eigenvalue weighted by Gasteiger charge is 2.41. The van der Waals surface area contributed by atoms with Gasteiger partial charge in [-0.1, -0.05) is 43.2 Å². The molecule has 0 bridgehead atoms. The molecule has 3 heteroatoms. The third kappa shape index (κ3) is 2.75. The van der Waals surface area contributed by atoms with Crippen LogP contribution in [0.3, 0.4) is 0 Å². The zero-order valence-corrected chi connectivity index (χ0v) is 12.7. The van der Waals surface area contributed by atoms with Crippen molar-refractivity contribution in [3.8, 4) is 0 Å². The number of hydrogen-bond acceptors (Lipinski definition) is 2. The molecular weight excluding hydrogens is 260 g/mol. The number of hydrogen-bond donors (Lipinski definition) is 1. The van der Waals surface area contributed by atoms with Crippen LogP contribution < -0.4 is 0 Å². The molecule has 2 aromatic rings. The lowest BCUT2D eigenvalue weighted by Crippen LogP contribution is -2.37. The molecule has 3 nitrogen and oxygen atoms in total. The maximum absolute atomic E-state index is 10.9.